The van der Waals surface area contributed by atoms with Gasteiger partial charge in [0.1, 0.15) is 0 Å². The lowest BCUT2D eigenvalue weighted by atomic mass is 10.1. The number of anilines is 2. The molecule has 0 amide bonds. The summed E-state index contributed by atoms with van der Waals surface area (Å²) < 4.78 is 27.7. The first-order valence-corrected chi connectivity index (χ1v) is 14.1. The van der Waals surface area contributed by atoms with Crippen LogP contribution in [-0.4, -0.2) is 52.6 Å². The van der Waals surface area contributed by atoms with Gasteiger partial charge in [-0.1, -0.05) is 60.3 Å². The summed E-state index contributed by atoms with van der Waals surface area (Å²) in [6.07, 6.45) is 4.14. The fourth-order valence-corrected chi connectivity index (χ4v) is 7.10. The van der Waals surface area contributed by atoms with E-state index in [2.05, 4.69) is 9.80 Å². The van der Waals surface area contributed by atoms with E-state index < -0.39 is 10.0 Å². The molecule has 0 atom stereocenters. The molecular weight excluding hydrogens is 525 g/mol. The molecule has 35 heavy (non-hydrogen) atoms. The molecule has 0 aliphatic carbocycles. The van der Waals surface area contributed by atoms with E-state index in [1.165, 1.54) is 0 Å². The van der Waals surface area contributed by atoms with Gasteiger partial charge in [-0.2, -0.15) is 0 Å². The largest absolute Gasteiger partial charge is 0.369 e. The fourth-order valence-electron chi connectivity index (χ4n) is 5.05. The molecule has 1 saturated heterocycles. The van der Waals surface area contributed by atoms with E-state index >= 15 is 0 Å². The van der Waals surface area contributed by atoms with Crippen LogP contribution < -0.4 is 9.21 Å². The zero-order valence-electron chi connectivity index (χ0n) is 19.5. The molecule has 1 fully saturated rings. The Morgan fingerprint density at radius 2 is 1.46 bits per heavy atom. The maximum atomic E-state index is 13.1. The Morgan fingerprint density at radius 3 is 2.17 bits per heavy atom. The van der Waals surface area contributed by atoms with Gasteiger partial charge in [0, 0.05) is 43.8 Å². The SMILES string of the molecule is Cl.O=S1(=O)c2cccc3cccc(c23)N1CCCCCCN1CCN(c2ccc(Cl)c(Cl)c2)CC1. The van der Waals surface area contributed by atoms with E-state index in [0.717, 1.165) is 80.6 Å². The van der Waals surface area contributed by atoms with Crippen molar-refractivity contribution >= 4 is 67.8 Å². The second-order valence-corrected chi connectivity index (χ2v) is 11.7. The van der Waals surface area contributed by atoms with Gasteiger partial charge in [-0.15, -0.1) is 12.4 Å². The number of hydrogen-bond acceptors (Lipinski definition) is 4. The first kappa shape index (κ1) is 26.4. The van der Waals surface area contributed by atoms with Crippen molar-refractivity contribution in [2.45, 2.75) is 30.6 Å². The second kappa shape index (κ2) is 11.1. The molecule has 5 nitrogen and oxygen atoms in total. The summed E-state index contributed by atoms with van der Waals surface area (Å²) in [6, 6.07) is 17.2. The lowest BCUT2D eigenvalue weighted by molar-refractivity contribution is 0.252. The Labute approximate surface area is 224 Å². The molecule has 0 radical (unpaired) electrons. The van der Waals surface area contributed by atoms with Crippen molar-refractivity contribution in [3.05, 3.63) is 64.6 Å². The minimum Gasteiger partial charge on any atom is -0.369 e. The van der Waals surface area contributed by atoms with Crippen LogP contribution in [0.3, 0.4) is 0 Å². The van der Waals surface area contributed by atoms with Crippen LogP contribution in [0.25, 0.3) is 10.8 Å². The van der Waals surface area contributed by atoms with Crippen molar-refractivity contribution in [1.29, 1.82) is 0 Å². The lowest BCUT2D eigenvalue weighted by Gasteiger charge is -2.36. The van der Waals surface area contributed by atoms with Crippen molar-refractivity contribution in [1.82, 2.24) is 4.90 Å². The molecule has 2 heterocycles. The van der Waals surface area contributed by atoms with Crippen LogP contribution in [-0.2, 0) is 10.0 Å². The van der Waals surface area contributed by atoms with Crippen LogP contribution in [0, 0.1) is 0 Å². The summed E-state index contributed by atoms with van der Waals surface area (Å²) in [6.45, 7) is 5.66. The van der Waals surface area contributed by atoms with E-state index in [1.54, 1.807) is 10.4 Å². The lowest BCUT2D eigenvalue weighted by Crippen LogP contribution is -2.46. The van der Waals surface area contributed by atoms with E-state index in [-0.39, 0.29) is 12.4 Å². The molecule has 2 aliphatic rings. The highest BCUT2D eigenvalue weighted by Crippen LogP contribution is 2.42. The third kappa shape index (κ3) is 5.37. The van der Waals surface area contributed by atoms with Crippen molar-refractivity contribution in [3.63, 3.8) is 0 Å². The van der Waals surface area contributed by atoms with Crippen LogP contribution in [0.2, 0.25) is 10.0 Å². The summed E-state index contributed by atoms with van der Waals surface area (Å²) in [5, 5.41) is 3.04. The Balaban J connectivity index is 0.00000289. The van der Waals surface area contributed by atoms with Crippen molar-refractivity contribution in [3.8, 4) is 0 Å². The summed E-state index contributed by atoms with van der Waals surface area (Å²) in [5.74, 6) is 0. The summed E-state index contributed by atoms with van der Waals surface area (Å²) in [5.41, 5.74) is 1.96. The number of sulfonamides is 1. The third-order valence-corrected chi connectivity index (χ3v) is 9.50. The smallest absolute Gasteiger partial charge is 0.265 e. The maximum absolute atomic E-state index is 13.1. The first-order chi connectivity index (χ1) is 16.4. The maximum Gasteiger partial charge on any atom is 0.265 e. The van der Waals surface area contributed by atoms with Gasteiger partial charge < -0.3 is 4.90 Å². The summed E-state index contributed by atoms with van der Waals surface area (Å²) in [7, 11) is -3.44. The molecule has 188 valence electrons. The molecule has 2 aliphatic heterocycles. The molecule has 3 aromatic carbocycles. The molecule has 0 N–H and O–H groups in total. The standard InChI is InChI=1S/C26H29Cl2N3O2S.ClH/c27-22-12-11-21(19-23(22)28)30-17-15-29(16-18-30)13-3-1-2-4-14-31-24-9-5-7-20-8-6-10-25(26(20)24)34(31,32)33;/h5-12,19H,1-4,13-18H2;1H. The highest BCUT2D eigenvalue weighted by Gasteiger charge is 2.34. The average Bonchev–Trinajstić information content (AvgIpc) is 3.06. The molecular formula is C26H30Cl3N3O2S. The van der Waals surface area contributed by atoms with E-state index in [9.17, 15) is 8.42 Å². The van der Waals surface area contributed by atoms with Crippen molar-refractivity contribution in [2.75, 3.05) is 48.5 Å². The zero-order chi connectivity index (χ0) is 23.7. The fraction of sp³-hybridized carbons (Fsp3) is 0.385. The number of rotatable bonds is 8. The Hall–Kier alpha value is -1.70. The van der Waals surface area contributed by atoms with Crippen molar-refractivity contribution < 1.29 is 8.42 Å². The number of hydrogen-bond donors (Lipinski definition) is 0. The minimum atomic E-state index is -3.44. The normalized spacial score (nSPS) is 17.1. The van der Waals surface area contributed by atoms with E-state index in [1.807, 2.05) is 48.5 Å². The highest BCUT2D eigenvalue weighted by molar-refractivity contribution is 7.93. The van der Waals surface area contributed by atoms with Crippen LogP contribution in [0.5, 0.6) is 0 Å². The highest BCUT2D eigenvalue weighted by atomic mass is 35.5. The number of nitrogens with zero attached hydrogens (tertiary/aromatic N) is 3. The molecule has 3 aromatic rings. The number of halogens is 3. The molecule has 5 rings (SSSR count). The summed E-state index contributed by atoms with van der Waals surface area (Å²) >= 11 is 12.2. The average molecular weight is 555 g/mol. The molecule has 0 aromatic heterocycles. The number of unbranched alkanes of at least 4 members (excludes halogenated alkanes) is 3. The first-order valence-electron chi connectivity index (χ1n) is 11.9. The predicted octanol–water partition coefficient (Wildman–Crippen LogP) is 6.46. The Bertz CT molecular complexity index is 1290. The topological polar surface area (TPSA) is 43.9 Å². The van der Waals surface area contributed by atoms with Crippen molar-refractivity contribution in [2.24, 2.45) is 0 Å². The third-order valence-electron chi connectivity index (χ3n) is 6.91. The summed E-state index contributed by atoms with van der Waals surface area (Å²) in [4.78, 5) is 5.31. The van der Waals surface area contributed by atoms with Crippen LogP contribution in [0.4, 0.5) is 11.4 Å². The number of benzene rings is 3. The predicted molar refractivity (Wildman–Crippen MR) is 149 cm³/mol. The van der Waals surface area contributed by atoms with E-state index in [0.29, 0.717) is 21.5 Å². The van der Waals surface area contributed by atoms with Gasteiger partial charge in [0.25, 0.3) is 10.0 Å². The Morgan fingerprint density at radius 1 is 0.771 bits per heavy atom. The Kier molecular flexibility index (Phi) is 8.39. The van der Waals surface area contributed by atoms with Gasteiger partial charge in [0.05, 0.1) is 20.6 Å². The molecule has 0 bridgehead atoms. The van der Waals surface area contributed by atoms with Gasteiger partial charge >= 0.3 is 0 Å². The van der Waals surface area contributed by atoms with Crippen LogP contribution in [0.1, 0.15) is 25.7 Å². The van der Waals surface area contributed by atoms with Gasteiger partial charge in [0.15, 0.2) is 0 Å². The van der Waals surface area contributed by atoms with Crippen LogP contribution >= 0.6 is 35.6 Å². The van der Waals surface area contributed by atoms with E-state index in [4.69, 9.17) is 23.2 Å². The van der Waals surface area contributed by atoms with Gasteiger partial charge in [-0.25, -0.2) is 8.42 Å². The van der Waals surface area contributed by atoms with Crippen LogP contribution in [0.15, 0.2) is 59.5 Å². The monoisotopic (exact) mass is 553 g/mol. The zero-order valence-corrected chi connectivity index (χ0v) is 22.6. The van der Waals surface area contributed by atoms with Gasteiger partial charge in [0.2, 0.25) is 0 Å². The second-order valence-electron chi connectivity index (χ2n) is 9.05. The van der Waals surface area contributed by atoms with Gasteiger partial charge in [-0.05, 0) is 55.1 Å². The quantitative estimate of drug-likeness (QED) is 0.300. The molecule has 0 saturated carbocycles. The molecule has 9 heteroatoms. The minimum absolute atomic E-state index is 0. The van der Waals surface area contributed by atoms with Gasteiger partial charge in [-0.3, -0.25) is 9.21 Å². The molecule has 0 spiro atoms. The molecule has 0 unspecified atom stereocenters. The number of piperazine rings is 1.